The quantitative estimate of drug-likeness (QED) is 0.780. The first-order valence-electron chi connectivity index (χ1n) is 6.65. The summed E-state index contributed by atoms with van der Waals surface area (Å²) in [5.74, 6) is 1.29. The van der Waals surface area contributed by atoms with E-state index >= 15 is 0 Å². The molecule has 0 bridgehead atoms. The lowest BCUT2D eigenvalue weighted by Crippen LogP contribution is -2.39. The van der Waals surface area contributed by atoms with Crippen molar-refractivity contribution in [3.63, 3.8) is 0 Å². The van der Waals surface area contributed by atoms with Crippen molar-refractivity contribution in [1.82, 2.24) is 9.97 Å². The lowest BCUT2D eigenvalue weighted by molar-refractivity contribution is 0.376. The molecule has 0 aliphatic heterocycles. The van der Waals surface area contributed by atoms with Gasteiger partial charge in [-0.25, -0.2) is 4.98 Å². The fourth-order valence-corrected chi connectivity index (χ4v) is 2.97. The topological polar surface area (TPSA) is 38.2 Å². The molecular formula is C13H19Cl2N3O. The minimum Gasteiger partial charge on any atom is -0.467 e. The zero-order chi connectivity index (χ0) is 13.7. The van der Waals surface area contributed by atoms with Crippen LogP contribution in [0.3, 0.4) is 0 Å². The van der Waals surface area contributed by atoms with Crippen LogP contribution in [0.15, 0.2) is 6.20 Å². The highest BCUT2D eigenvalue weighted by molar-refractivity contribution is 6.32. The first kappa shape index (κ1) is 14.7. The van der Waals surface area contributed by atoms with Gasteiger partial charge in [0.25, 0.3) is 0 Å². The molecule has 1 fully saturated rings. The van der Waals surface area contributed by atoms with E-state index in [2.05, 4.69) is 14.9 Å². The molecule has 4 nitrogen and oxygen atoms in total. The molecule has 0 spiro atoms. The number of alkyl halides is 1. The largest absolute Gasteiger partial charge is 0.467 e. The minimum atomic E-state index is 0.342. The maximum atomic E-state index is 6.24. The standard InChI is InChI=1S/C13H19Cl2N3O/c1-19-13-16-9-11(15)12(17-13)18(8-7-14)10-5-3-2-4-6-10/h9-10H,2-8H2,1H3. The van der Waals surface area contributed by atoms with E-state index in [4.69, 9.17) is 27.9 Å². The van der Waals surface area contributed by atoms with Crippen LogP contribution in [0.1, 0.15) is 32.1 Å². The highest BCUT2D eigenvalue weighted by Crippen LogP contribution is 2.31. The average molecular weight is 304 g/mol. The Morgan fingerprint density at radius 1 is 1.37 bits per heavy atom. The Bertz CT molecular complexity index is 411. The van der Waals surface area contributed by atoms with E-state index in [0.29, 0.717) is 23.0 Å². The van der Waals surface area contributed by atoms with Gasteiger partial charge in [0.05, 0.1) is 13.3 Å². The van der Waals surface area contributed by atoms with Crippen LogP contribution in [-0.2, 0) is 0 Å². The number of ether oxygens (including phenoxy) is 1. The Balaban J connectivity index is 2.26. The van der Waals surface area contributed by atoms with Crippen molar-refractivity contribution >= 4 is 29.0 Å². The molecule has 0 saturated heterocycles. The third-order valence-electron chi connectivity index (χ3n) is 3.50. The number of nitrogens with zero attached hydrogens (tertiary/aromatic N) is 3. The molecule has 106 valence electrons. The van der Waals surface area contributed by atoms with Gasteiger partial charge >= 0.3 is 6.01 Å². The molecule has 0 unspecified atom stereocenters. The molecular weight excluding hydrogens is 285 g/mol. The molecule has 2 rings (SSSR count). The van der Waals surface area contributed by atoms with E-state index in [1.165, 1.54) is 32.1 Å². The Labute approximate surface area is 124 Å². The van der Waals surface area contributed by atoms with E-state index in [9.17, 15) is 0 Å². The Hall–Kier alpha value is -0.740. The molecule has 0 amide bonds. The molecule has 1 heterocycles. The predicted octanol–water partition coefficient (Wildman–Crippen LogP) is 3.52. The van der Waals surface area contributed by atoms with Gasteiger partial charge in [-0.1, -0.05) is 30.9 Å². The normalized spacial score (nSPS) is 16.4. The summed E-state index contributed by atoms with van der Waals surface area (Å²) < 4.78 is 5.08. The van der Waals surface area contributed by atoms with Crippen LogP contribution in [0.2, 0.25) is 5.02 Å². The zero-order valence-electron chi connectivity index (χ0n) is 11.1. The third kappa shape index (κ3) is 3.63. The summed E-state index contributed by atoms with van der Waals surface area (Å²) in [5, 5.41) is 0.552. The molecule has 0 aromatic carbocycles. The number of halogens is 2. The van der Waals surface area contributed by atoms with Gasteiger partial charge in [-0.3, -0.25) is 0 Å². The molecule has 0 atom stereocenters. The Kier molecular flexibility index (Phi) is 5.52. The lowest BCUT2D eigenvalue weighted by atomic mass is 9.94. The van der Waals surface area contributed by atoms with Gasteiger partial charge in [0, 0.05) is 18.5 Å². The SMILES string of the molecule is COc1ncc(Cl)c(N(CCCl)C2CCCCC2)n1. The van der Waals surface area contributed by atoms with E-state index in [-0.39, 0.29) is 0 Å². The van der Waals surface area contributed by atoms with Crippen LogP contribution in [0.4, 0.5) is 5.82 Å². The molecule has 19 heavy (non-hydrogen) atoms. The van der Waals surface area contributed by atoms with E-state index < -0.39 is 0 Å². The second kappa shape index (κ2) is 7.15. The van der Waals surface area contributed by atoms with Crippen LogP contribution in [0.25, 0.3) is 0 Å². The maximum absolute atomic E-state index is 6.24. The van der Waals surface area contributed by atoms with Gasteiger partial charge in [0.1, 0.15) is 5.02 Å². The van der Waals surface area contributed by atoms with Crippen molar-refractivity contribution in [2.75, 3.05) is 24.4 Å². The van der Waals surface area contributed by atoms with Crippen molar-refractivity contribution in [2.45, 2.75) is 38.1 Å². The molecule has 1 aromatic heterocycles. The van der Waals surface area contributed by atoms with Crippen molar-refractivity contribution in [1.29, 1.82) is 0 Å². The number of anilines is 1. The Morgan fingerprint density at radius 2 is 2.11 bits per heavy atom. The lowest BCUT2D eigenvalue weighted by Gasteiger charge is -2.35. The number of hydrogen-bond donors (Lipinski definition) is 0. The average Bonchev–Trinajstić information content (AvgIpc) is 2.47. The minimum absolute atomic E-state index is 0.342. The number of rotatable bonds is 5. The van der Waals surface area contributed by atoms with Gasteiger partial charge < -0.3 is 9.64 Å². The summed E-state index contributed by atoms with van der Waals surface area (Å²) in [6.45, 7) is 0.742. The van der Waals surface area contributed by atoms with Crippen molar-refractivity contribution in [3.8, 4) is 6.01 Å². The number of hydrogen-bond acceptors (Lipinski definition) is 4. The monoisotopic (exact) mass is 303 g/mol. The van der Waals surface area contributed by atoms with Gasteiger partial charge in [-0.15, -0.1) is 11.6 Å². The molecule has 1 aromatic rings. The number of aromatic nitrogens is 2. The molecule has 1 saturated carbocycles. The molecule has 1 aliphatic rings. The van der Waals surface area contributed by atoms with Crippen molar-refractivity contribution in [2.24, 2.45) is 0 Å². The van der Waals surface area contributed by atoms with Crippen LogP contribution in [0, 0.1) is 0 Å². The van der Waals surface area contributed by atoms with Crippen LogP contribution in [-0.4, -0.2) is 35.5 Å². The van der Waals surface area contributed by atoms with Gasteiger partial charge in [0.2, 0.25) is 0 Å². The van der Waals surface area contributed by atoms with Crippen molar-refractivity contribution in [3.05, 3.63) is 11.2 Å². The van der Waals surface area contributed by atoms with E-state index in [1.54, 1.807) is 13.3 Å². The van der Waals surface area contributed by atoms with E-state index in [0.717, 1.165) is 12.4 Å². The number of methoxy groups -OCH3 is 1. The summed E-state index contributed by atoms with van der Waals surface area (Å²) in [6, 6.07) is 0.805. The maximum Gasteiger partial charge on any atom is 0.318 e. The fraction of sp³-hybridized carbons (Fsp3) is 0.692. The first-order chi connectivity index (χ1) is 9.26. The van der Waals surface area contributed by atoms with E-state index in [1.807, 2.05) is 0 Å². The molecule has 1 aliphatic carbocycles. The highest BCUT2D eigenvalue weighted by atomic mass is 35.5. The second-order valence-electron chi connectivity index (χ2n) is 4.70. The highest BCUT2D eigenvalue weighted by Gasteiger charge is 2.24. The first-order valence-corrected chi connectivity index (χ1v) is 7.56. The van der Waals surface area contributed by atoms with Crippen LogP contribution < -0.4 is 9.64 Å². The van der Waals surface area contributed by atoms with Crippen LogP contribution in [0.5, 0.6) is 6.01 Å². The zero-order valence-corrected chi connectivity index (χ0v) is 12.6. The summed E-state index contributed by atoms with van der Waals surface area (Å²) >= 11 is 12.2. The third-order valence-corrected chi connectivity index (χ3v) is 3.93. The molecule has 6 heteroatoms. The summed E-state index contributed by atoms with van der Waals surface area (Å²) in [4.78, 5) is 10.6. The molecule has 0 N–H and O–H groups in total. The fourth-order valence-electron chi connectivity index (χ4n) is 2.59. The second-order valence-corrected chi connectivity index (χ2v) is 5.49. The van der Waals surface area contributed by atoms with Gasteiger partial charge in [0.15, 0.2) is 5.82 Å². The Morgan fingerprint density at radius 3 is 2.74 bits per heavy atom. The van der Waals surface area contributed by atoms with Gasteiger partial charge in [-0.05, 0) is 12.8 Å². The van der Waals surface area contributed by atoms with Gasteiger partial charge in [-0.2, -0.15) is 4.98 Å². The summed E-state index contributed by atoms with van der Waals surface area (Å²) in [7, 11) is 1.56. The molecule has 0 radical (unpaired) electrons. The smallest absolute Gasteiger partial charge is 0.318 e. The van der Waals surface area contributed by atoms with Crippen molar-refractivity contribution < 1.29 is 4.74 Å². The summed E-state index contributed by atoms with van der Waals surface area (Å²) in [6.07, 6.45) is 7.74. The van der Waals surface area contributed by atoms with Crippen LogP contribution >= 0.6 is 23.2 Å². The summed E-state index contributed by atoms with van der Waals surface area (Å²) in [5.41, 5.74) is 0. The predicted molar refractivity (Wildman–Crippen MR) is 78.5 cm³/mol.